The molecular weight excluding hydrogens is 318 g/mol. The molecule has 0 saturated heterocycles. The molecule has 0 fully saturated rings. The maximum atomic E-state index is 12.1. The Morgan fingerprint density at radius 1 is 1.40 bits per heavy atom. The van der Waals surface area contributed by atoms with E-state index in [-0.39, 0.29) is 10.8 Å². The molecule has 0 radical (unpaired) electrons. The van der Waals surface area contributed by atoms with E-state index >= 15 is 0 Å². The predicted molar refractivity (Wildman–Crippen MR) is 81.1 cm³/mol. The summed E-state index contributed by atoms with van der Waals surface area (Å²) in [5.41, 5.74) is 1.57. The molecule has 0 aliphatic carbocycles. The summed E-state index contributed by atoms with van der Waals surface area (Å²) in [5, 5.41) is 2.27. The van der Waals surface area contributed by atoms with Gasteiger partial charge >= 0.3 is 0 Å². The zero-order chi connectivity index (χ0) is 14.8. The minimum absolute atomic E-state index is 0.130. The zero-order valence-electron chi connectivity index (χ0n) is 11.0. The summed E-state index contributed by atoms with van der Waals surface area (Å²) in [4.78, 5) is 0. The molecule has 0 saturated carbocycles. The van der Waals surface area contributed by atoms with Gasteiger partial charge in [-0.3, -0.25) is 0 Å². The Balaban J connectivity index is 2.24. The van der Waals surface area contributed by atoms with Crippen LogP contribution in [0.5, 0.6) is 5.75 Å². The minimum atomic E-state index is -3.50. The van der Waals surface area contributed by atoms with Gasteiger partial charge in [0.05, 0.1) is 7.11 Å². The predicted octanol–water partition coefficient (Wildman–Crippen LogP) is 3.20. The summed E-state index contributed by atoms with van der Waals surface area (Å²) < 4.78 is 32.3. The summed E-state index contributed by atoms with van der Waals surface area (Å²) in [7, 11) is -1.95. The Labute approximate surface area is 127 Å². The van der Waals surface area contributed by atoms with Gasteiger partial charge in [0.1, 0.15) is 9.96 Å². The van der Waals surface area contributed by atoms with Crippen LogP contribution in [0.15, 0.2) is 33.9 Å². The first kappa shape index (κ1) is 15.3. The lowest BCUT2D eigenvalue weighted by Gasteiger charge is -2.12. The second-order valence-corrected chi connectivity index (χ2v) is 7.55. The molecule has 1 aromatic heterocycles. The Hall–Kier alpha value is -1.08. The van der Waals surface area contributed by atoms with Crippen LogP contribution < -0.4 is 9.46 Å². The molecule has 0 spiro atoms. The third kappa shape index (κ3) is 3.32. The summed E-state index contributed by atoms with van der Waals surface area (Å²) in [6.07, 6.45) is 0. The standard InChI is InChI=1S/C13H14ClNO3S2/c1-9-6-11(14)7-10(13(9)18-2)8-15-20(16,17)12-4-3-5-19-12/h3-7,15H,8H2,1-2H3. The summed E-state index contributed by atoms with van der Waals surface area (Å²) in [6.45, 7) is 1.99. The van der Waals surface area contributed by atoms with Crippen LogP contribution in [-0.2, 0) is 16.6 Å². The monoisotopic (exact) mass is 331 g/mol. The van der Waals surface area contributed by atoms with Crippen molar-refractivity contribution >= 4 is 33.0 Å². The van der Waals surface area contributed by atoms with Crippen molar-refractivity contribution in [2.75, 3.05) is 7.11 Å². The molecule has 1 aromatic carbocycles. The van der Waals surface area contributed by atoms with E-state index in [2.05, 4.69) is 4.72 Å². The van der Waals surface area contributed by atoms with E-state index in [1.165, 1.54) is 11.3 Å². The SMILES string of the molecule is COc1c(C)cc(Cl)cc1CNS(=O)(=O)c1cccs1. The van der Waals surface area contributed by atoms with Crippen molar-refractivity contribution < 1.29 is 13.2 Å². The van der Waals surface area contributed by atoms with Crippen molar-refractivity contribution in [3.05, 3.63) is 45.8 Å². The first-order chi connectivity index (χ1) is 9.44. The van der Waals surface area contributed by atoms with E-state index in [9.17, 15) is 8.42 Å². The number of hydrogen-bond acceptors (Lipinski definition) is 4. The molecule has 20 heavy (non-hydrogen) atoms. The van der Waals surface area contributed by atoms with Crippen molar-refractivity contribution in [2.45, 2.75) is 17.7 Å². The molecule has 0 unspecified atom stereocenters. The van der Waals surface area contributed by atoms with Crippen LogP contribution in [0.4, 0.5) is 0 Å². The highest BCUT2D eigenvalue weighted by Gasteiger charge is 2.16. The molecular formula is C13H14ClNO3S2. The topological polar surface area (TPSA) is 55.4 Å². The van der Waals surface area contributed by atoms with Crippen molar-refractivity contribution in [1.82, 2.24) is 4.72 Å². The number of benzene rings is 1. The highest BCUT2D eigenvalue weighted by molar-refractivity contribution is 7.91. The van der Waals surface area contributed by atoms with Gasteiger partial charge in [0, 0.05) is 17.1 Å². The molecule has 1 heterocycles. The normalized spacial score (nSPS) is 11.6. The van der Waals surface area contributed by atoms with E-state index in [1.807, 2.05) is 6.92 Å². The van der Waals surface area contributed by atoms with Gasteiger partial charge in [-0.2, -0.15) is 0 Å². The van der Waals surface area contributed by atoms with Crippen LogP contribution >= 0.6 is 22.9 Å². The number of nitrogens with one attached hydrogen (secondary N) is 1. The zero-order valence-corrected chi connectivity index (χ0v) is 13.4. The smallest absolute Gasteiger partial charge is 0.250 e. The maximum absolute atomic E-state index is 12.1. The van der Waals surface area contributed by atoms with Crippen molar-refractivity contribution in [1.29, 1.82) is 0 Å². The second-order valence-electron chi connectivity index (χ2n) is 4.17. The molecule has 0 atom stereocenters. The van der Waals surface area contributed by atoms with Gasteiger partial charge in [-0.05, 0) is 36.1 Å². The Morgan fingerprint density at radius 3 is 2.75 bits per heavy atom. The Bertz CT molecular complexity index is 697. The van der Waals surface area contributed by atoms with E-state index in [1.54, 1.807) is 36.8 Å². The van der Waals surface area contributed by atoms with Gasteiger partial charge in [-0.25, -0.2) is 13.1 Å². The fraction of sp³-hybridized carbons (Fsp3) is 0.231. The van der Waals surface area contributed by atoms with Gasteiger partial charge in [-0.1, -0.05) is 17.7 Å². The molecule has 0 amide bonds. The third-order valence-corrected chi connectivity index (χ3v) is 5.75. The van der Waals surface area contributed by atoms with Crippen LogP contribution in [0.3, 0.4) is 0 Å². The van der Waals surface area contributed by atoms with Gasteiger partial charge in [0.15, 0.2) is 0 Å². The lowest BCUT2D eigenvalue weighted by Crippen LogP contribution is -2.22. The number of hydrogen-bond donors (Lipinski definition) is 1. The quantitative estimate of drug-likeness (QED) is 0.915. The van der Waals surface area contributed by atoms with Gasteiger partial charge in [0.2, 0.25) is 10.0 Å². The fourth-order valence-corrected chi connectivity index (χ4v) is 4.22. The molecule has 4 nitrogen and oxygen atoms in total. The van der Waals surface area contributed by atoms with E-state index in [4.69, 9.17) is 16.3 Å². The second kappa shape index (κ2) is 6.13. The molecule has 0 aliphatic heterocycles. The number of ether oxygens (including phenoxy) is 1. The third-order valence-electron chi connectivity index (χ3n) is 2.73. The number of halogens is 1. The van der Waals surface area contributed by atoms with E-state index in [0.29, 0.717) is 16.3 Å². The summed E-state index contributed by atoms with van der Waals surface area (Å²) >= 11 is 7.17. The number of methoxy groups -OCH3 is 1. The lowest BCUT2D eigenvalue weighted by atomic mass is 10.1. The maximum Gasteiger partial charge on any atom is 0.250 e. The van der Waals surface area contributed by atoms with E-state index in [0.717, 1.165) is 5.56 Å². The fourth-order valence-electron chi connectivity index (χ4n) is 1.88. The lowest BCUT2D eigenvalue weighted by molar-refractivity contribution is 0.406. The number of aryl methyl sites for hydroxylation is 1. The van der Waals surface area contributed by atoms with Crippen LogP contribution in [0, 0.1) is 6.92 Å². The summed E-state index contributed by atoms with van der Waals surface area (Å²) in [6, 6.07) is 6.73. The van der Waals surface area contributed by atoms with Crippen molar-refractivity contribution in [2.24, 2.45) is 0 Å². The van der Waals surface area contributed by atoms with Gasteiger partial charge in [-0.15, -0.1) is 11.3 Å². The van der Waals surface area contributed by atoms with Crippen LogP contribution in [0.2, 0.25) is 5.02 Å². The highest BCUT2D eigenvalue weighted by atomic mass is 35.5. The Kier molecular flexibility index (Phi) is 4.70. The number of sulfonamides is 1. The number of thiophene rings is 1. The van der Waals surface area contributed by atoms with Crippen LogP contribution in [0.25, 0.3) is 0 Å². The molecule has 0 bridgehead atoms. The molecule has 2 aromatic rings. The molecule has 1 N–H and O–H groups in total. The van der Waals surface area contributed by atoms with E-state index < -0.39 is 10.0 Å². The highest BCUT2D eigenvalue weighted by Crippen LogP contribution is 2.28. The first-order valence-corrected chi connectivity index (χ1v) is 8.54. The van der Waals surface area contributed by atoms with Crippen molar-refractivity contribution in [3.8, 4) is 5.75 Å². The summed E-state index contributed by atoms with van der Waals surface area (Å²) in [5.74, 6) is 0.642. The van der Waals surface area contributed by atoms with Crippen LogP contribution in [0.1, 0.15) is 11.1 Å². The average molecular weight is 332 g/mol. The van der Waals surface area contributed by atoms with Gasteiger partial charge in [0.25, 0.3) is 0 Å². The van der Waals surface area contributed by atoms with Gasteiger partial charge < -0.3 is 4.74 Å². The van der Waals surface area contributed by atoms with Crippen molar-refractivity contribution in [3.63, 3.8) is 0 Å². The molecule has 108 valence electrons. The Morgan fingerprint density at radius 2 is 2.15 bits per heavy atom. The number of rotatable bonds is 5. The first-order valence-electron chi connectivity index (χ1n) is 5.80. The molecule has 2 rings (SSSR count). The minimum Gasteiger partial charge on any atom is -0.496 e. The largest absolute Gasteiger partial charge is 0.496 e. The average Bonchev–Trinajstić information content (AvgIpc) is 2.90. The molecule has 7 heteroatoms. The van der Waals surface area contributed by atoms with Crippen LogP contribution in [-0.4, -0.2) is 15.5 Å². The molecule has 0 aliphatic rings.